The summed E-state index contributed by atoms with van der Waals surface area (Å²) in [5.41, 5.74) is 5.35. The molecule has 2 rings (SSSR count). The quantitative estimate of drug-likeness (QED) is 0.740. The van der Waals surface area contributed by atoms with Gasteiger partial charge in [-0.15, -0.1) is 0 Å². The highest BCUT2D eigenvalue weighted by Gasteiger charge is 2.29. The van der Waals surface area contributed by atoms with Crippen molar-refractivity contribution in [2.75, 3.05) is 26.3 Å². The maximum Gasteiger partial charge on any atom is 0.234 e. The van der Waals surface area contributed by atoms with Crippen LogP contribution in [0.1, 0.15) is 25.7 Å². The Kier molecular flexibility index (Phi) is 4.15. The molecule has 5 nitrogen and oxygen atoms in total. The number of primary amides is 1. The molecule has 2 aliphatic rings. The lowest BCUT2D eigenvalue weighted by atomic mass is 10.2. The number of nitrogens with two attached hydrogens (primary N) is 1. The van der Waals surface area contributed by atoms with Gasteiger partial charge in [0.2, 0.25) is 5.91 Å². The van der Waals surface area contributed by atoms with Gasteiger partial charge in [-0.3, -0.25) is 9.69 Å². The summed E-state index contributed by atoms with van der Waals surface area (Å²) in [5, 5.41) is 0. The van der Waals surface area contributed by atoms with Crippen LogP contribution in [0.25, 0.3) is 0 Å². The average Bonchev–Trinajstić information content (AvgIpc) is 2.76. The van der Waals surface area contributed by atoms with E-state index >= 15 is 0 Å². The molecule has 0 aliphatic carbocycles. The molecule has 1 atom stereocenters. The van der Waals surface area contributed by atoms with Crippen molar-refractivity contribution in [3.8, 4) is 0 Å². The Bertz CT molecular complexity index is 241. The summed E-state index contributed by atoms with van der Waals surface area (Å²) in [6.07, 6.45) is 3.65. The molecule has 1 amide bonds. The second-order valence-electron chi connectivity index (χ2n) is 4.41. The van der Waals surface area contributed by atoms with Crippen molar-refractivity contribution in [1.29, 1.82) is 0 Å². The molecule has 0 aromatic heterocycles. The number of rotatable bonds is 4. The third kappa shape index (κ3) is 2.93. The Morgan fingerprint density at radius 1 is 1.31 bits per heavy atom. The summed E-state index contributed by atoms with van der Waals surface area (Å²) in [7, 11) is 0. The highest BCUT2D eigenvalue weighted by molar-refractivity contribution is 5.80. The molecule has 16 heavy (non-hydrogen) atoms. The van der Waals surface area contributed by atoms with E-state index < -0.39 is 0 Å². The molecular formula is C11H20N2O3. The lowest BCUT2D eigenvalue weighted by Crippen LogP contribution is -2.42. The summed E-state index contributed by atoms with van der Waals surface area (Å²) in [6.45, 7) is 3.35. The largest absolute Gasteiger partial charge is 0.368 e. The Balaban J connectivity index is 1.73. The Hall–Kier alpha value is -0.650. The lowest BCUT2D eigenvalue weighted by molar-refractivity contribution is -0.183. The van der Waals surface area contributed by atoms with Crippen molar-refractivity contribution in [3.63, 3.8) is 0 Å². The van der Waals surface area contributed by atoms with E-state index in [9.17, 15) is 4.79 Å². The average molecular weight is 228 g/mol. The molecule has 0 spiro atoms. The zero-order valence-electron chi connectivity index (χ0n) is 9.56. The van der Waals surface area contributed by atoms with Crippen molar-refractivity contribution in [2.45, 2.75) is 38.0 Å². The van der Waals surface area contributed by atoms with E-state index in [4.69, 9.17) is 15.2 Å². The maximum atomic E-state index is 11.2. The smallest absolute Gasteiger partial charge is 0.234 e. The van der Waals surface area contributed by atoms with Gasteiger partial charge >= 0.3 is 0 Å². The van der Waals surface area contributed by atoms with Gasteiger partial charge in [-0.05, 0) is 25.8 Å². The van der Waals surface area contributed by atoms with Crippen molar-refractivity contribution in [1.82, 2.24) is 4.90 Å². The van der Waals surface area contributed by atoms with Gasteiger partial charge in [0.1, 0.15) is 0 Å². The van der Waals surface area contributed by atoms with E-state index in [0.717, 1.165) is 52.0 Å². The van der Waals surface area contributed by atoms with E-state index in [0.29, 0.717) is 0 Å². The first kappa shape index (κ1) is 11.8. The van der Waals surface area contributed by atoms with Gasteiger partial charge < -0.3 is 15.2 Å². The van der Waals surface area contributed by atoms with Crippen molar-refractivity contribution >= 4 is 5.91 Å². The Labute approximate surface area is 95.9 Å². The summed E-state index contributed by atoms with van der Waals surface area (Å²) in [4.78, 5) is 13.3. The number of nitrogens with zero attached hydrogens (tertiary/aromatic N) is 1. The normalized spacial score (nSPS) is 28.4. The first-order chi connectivity index (χ1) is 7.77. The predicted molar refractivity (Wildman–Crippen MR) is 58.7 cm³/mol. The Morgan fingerprint density at radius 2 is 2.06 bits per heavy atom. The number of carbonyl (C=O) groups excluding carboxylic acids is 1. The number of hydrogen-bond acceptors (Lipinski definition) is 4. The van der Waals surface area contributed by atoms with Crippen LogP contribution in [0, 0.1) is 0 Å². The molecule has 0 aromatic carbocycles. The molecule has 0 saturated carbocycles. The van der Waals surface area contributed by atoms with Crippen LogP contribution < -0.4 is 5.73 Å². The second-order valence-corrected chi connectivity index (χ2v) is 4.41. The van der Waals surface area contributed by atoms with Crippen LogP contribution in [0.2, 0.25) is 0 Å². The molecule has 1 unspecified atom stereocenters. The zero-order valence-corrected chi connectivity index (χ0v) is 9.56. The van der Waals surface area contributed by atoms with Crippen LogP contribution >= 0.6 is 0 Å². The summed E-state index contributed by atoms with van der Waals surface area (Å²) < 4.78 is 10.9. The first-order valence-electron chi connectivity index (χ1n) is 6.04. The van der Waals surface area contributed by atoms with Gasteiger partial charge in [-0.25, -0.2) is 0 Å². The van der Waals surface area contributed by atoms with Crippen molar-refractivity contribution in [2.24, 2.45) is 5.73 Å². The van der Waals surface area contributed by atoms with Crippen LogP contribution in [-0.2, 0) is 14.3 Å². The molecular weight excluding hydrogens is 208 g/mol. The van der Waals surface area contributed by atoms with Gasteiger partial charge in [-0.2, -0.15) is 0 Å². The molecule has 2 aliphatic heterocycles. The molecule has 5 heteroatoms. The highest BCUT2D eigenvalue weighted by Crippen LogP contribution is 2.18. The molecule has 0 radical (unpaired) electrons. The molecule has 2 saturated heterocycles. The van der Waals surface area contributed by atoms with Gasteiger partial charge in [-0.1, -0.05) is 0 Å². The van der Waals surface area contributed by atoms with Crippen LogP contribution in [-0.4, -0.2) is 49.4 Å². The van der Waals surface area contributed by atoms with Gasteiger partial charge in [0, 0.05) is 13.0 Å². The standard InChI is InChI=1S/C11H20N2O3/c12-11(14)9-3-1-5-13(9)6-4-10-15-7-2-8-16-10/h9-10H,1-8H2,(H2,12,14). The Morgan fingerprint density at radius 3 is 2.75 bits per heavy atom. The highest BCUT2D eigenvalue weighted by atomic mass is 16.7. The second kappa shape index (κ2) is 5.61. The SMILES string of the molecule is NC(=O)C1CCCN1CCC1OCCCO1. The lowest BCUT2D eigenvalue weighted by Gasteiger charge is -2.27. The minimum Gasteiger partial charge on any atom is -0.368 e. The van der Waals surface area contributed by atoms with E-state index in [-0.39, 0.29) is 18.2 Å². The van der Waals surface area contributed by atoms with E-state index in [1.54, 1.807) is 0 Å². The third-order valence-corrected chi connectivity index (χ3v) is 3.24. The van der Waals surface area contributed by atoms with Crippen LogP contribution in [0.3, 0.4) is 0 Å². The monoisotopic (exact) mass is 228 g/mol. The summed E-state index contributed by atoms with van der Waals surface area (Å²) in [6, 6.07) is -0.0800. The molecule has 2 heterocycles. The predicted octanol–water partition coefficient (Wildman–Crippen LogP) is 0.0892. The fourth-order valence-electron chi connectivity index (χ4n) is 2.39. The third-order valence-electron chi connectivity index (χ3n) is 3.24. The van der Waals surface area contributed by atoms with Gasteiger partial charge in [0.25, 0.3) is 0 Å². The molecule has 2 N–H and O–H groups in total. The van der Waals surface area contributed by atoms with Crippen LogP contribution in [0.5, 0.6) is 0 Å². The van der Waals surface area contributed by atoms with Crippen molar-refractivity contribution < 1.29 is 14.3 Å². The fraction of sp³-hybridized carbons (Fsp3) is 0.909. The van der Waals surface area contributed by atoms with Gasteiger partial charge in [0.15, 0.2) is 6.29 Å². The number of carbonyl (C=O) groups is 1. The molecule has 0 aromatic rings. The zero-order chi connectivity index (χ0) is 11.4. The van der Waals surface area contributed by atoms with Gasteiger partial charge in [0.05, 0.1) is 19.3 Å². The van der Waals surface area contributed by atoms with E-state index in [1.165, 1.54) is 0 Å². The van der Waals surface area contributed by atoms with Crippen LogP contribution in [0.15, 0.2) is 0 Å². The number of ether oxygens (including phenoxy) is 2. The first-order valence-corrected chi connectivity index (χ1v) is 6.04. The molecule has 0 bridgehead atoms. The topological polar surface area (TPSA) is 64.8 Å². The fourth-order valence-corrected chi connectivity index (χ4v) is 2.39. The summed E-state index contributed by atoms with van der Waals surface area (Å²) in [5.74, 6) is -0.206. The van der Waals surface area contributed by atoms with E-state index in [1.807, 2.05) is 0 Å². The number of likely N-dealkylation sites (tertiary alicyclic amines) is 1. The molecule has 2 fully saturated rings. The number of hydrogen-bond donors (Lipinski definition) is 1. The molecule has 92 valence electrons. The summed E-state index contributed by atoms with van der Waals surface area (Å²) >= 11 is 0. The van der Waals surface area contributed by atoms with Crippen LogP contribution in [0.4, 0.5) is 0 Å². The maximum absolute atomic E-state index is 11.2. The minimum absolute atomic E-state index is 0.0800. The minimum atomic E-state index is -0.206. The van der Waals surface area contributed by atoms with E-state index in [2.05, 4.69) is 4.90 Å². The number of amides is 1. The van der Waals surface area contributed by atoms with Crippen molar-refractivity contribution in [3.05, 3.63) is 0 Å².